The van der Waals surface area contributed by atoms with Crippen LogP contribution in [0.25, 0.3) is 0 Å². The van der Waals surface area contributed by atoms with Crippen LogP contribution in [0.4, 0.5) is 5.69 Å². The predicted molar refractivity (Wildman–Crippen MR) is 61.9 cm³/mol. The van der Waals surface area contributed by atoms with Crippen LogP contribution in [0.2, 0.25) is 0 Å². The Hall–Kier alpha value is -2.48. The van der Waals surface area contributed by atoms with Gasteiger partial charge in [-0.3, -0.25) is 0 Å². The zero-order valence-electron chi connectivity index (χ0n) is 9.58. The van der Waals surface area contributed by atoms with Crippen LogP contribution in [0.15, 0.2) is 59.8 Å². The highest BCUT2D eigenvalue weighted by atomic mass is 32.2. The summed E-state index contributed by atoms with van der Waals surface area (Å²) < 4.78 is 29.7. The molecule has 0 aliphatic rings. The van der Waals surface area contributed by atoms with Gasteiger partial charge in [-0.2, -0.15) is 8.42 Å². The van der Waals surface area contributed by atoms with Crippen molar-refractivity contribution in [1.29, 1.82) is 0 Å². The summed E-state index contributed by atoms with van der Waals surface area (Å²) in [6, 6.07) is 9.74. The number of nitrogens with zero attached hydrogens (tertiary/aromatic N) is 2. The second-order valence-corrected chi connectivity index (χ2v) is 5.06. The molecule has 0 fully saturated rings. The minimum Gasteiger partial charge on any atom is -0.241 e. The molecule has 98 valence electrons. The Morgan fingerprint density at radius 1 is 1.11 bits per heavy atom. The first-order valence-electron chi connectivity index (χ1n) is 5.16. The Kier molecular flexibility index (Phi) is 3.43. The second kappa shape index (κ2) is 5.02. The van der Waals surface area contributed by atoms with Gasteiger partial charge in [-0.1, -0.05) is 12.1 Å². The number of benzene rings is 1. The summed E-state index contributed by atoms with van der Waals surface area (Å²) >= 11 is 0. The zero-order valence-corrected chi connectivity index (χ0v) is 10.4. The van der Waals surface area contributed by atoms with Gasteiger partial charge >= 0.3 is 15.8 Å². The molecular weight excluding hydrogens is 272 g/mol. The fourth-order valence-electron chi connectivity index (χ4n) is 1.35. The van der Waals surface area contributed by atoms with Gasteiger partial charge < -0.3 is 0 Å². The third kappa shape index (κ3) is 3.05. The van der Waals surface area contributed by atoms with Crippen LogP contribution in [0.1, 0.15) is 0 Å². The highest BCUT2D eigenvalue weighted by molar-refractivity contribution is 7.86. The molecule has 0 spiro atoms. The Balaban J connectivity index is 2.35. The van der Waals surface area contributed by atoms with Gasteiger partial charge in [-0.25, -0.2) is 5.21 Å². The van der Waals surface area contributed by atoms with Gasteiger partial charge in [-0.15, -0.1) is 4.28 Å². The van der Waals surface area contributed by atoms with E-state index in [4.69, 9.17) is 9.49 Å². The minimum atomic E-state index is -4.08. The smallest absolute Gasteiger partial charge is 0.241 e. The summed E-state index contributed by atoms with van der Waals surface area (Å²) in [5, 5.41) is 8.74. The van der Waals surface area contributed by atoms with Gasteiger partial charge in [0.15, 0.2) is 0 Å². The second-order valence-electron chi connectivity index (χ2n) is 3.53. The van der Waals surface area contributed by atoms with E-state index in [9.17, 15) is 13.3 Å². The Labute approximate surface area is 108 Å². The maximum absolute atomic E-state index is 11.9. The third-order valence-electron chi connectivity index (χ3n) is 2.20. The number of hydrogen-bond donors (Lipinski definition) is 1. The van der Waals surface area contributed by atoms with Crippen LogP contribution < -0.4 is 9.01 Å². The molecule has 1 N–H and O–H groups in total. The molecule has 1 heterocycles. The van der Waals surface area contributed by atoms with Crippen LogP contribution in [-0.4, -0.2) is 18.5 Å². The maximum atomic E-state index is 11.9. The summed E-state index contributed by atoms with van der Waals surface area (Å²) in [5.74, 6) is 0. The van der Waals surface area contributed by atoms with Crippen molar-refractivity contribution in [3.05, 3.63) is 59.8 Å². The van der Waals surface area contributed by atoms with E-state index >= 15 is 0 Å². The molecule has 0 aliphatic carbocycles. The summed E-state index contributed by atoms with van der Waals surface area (Å²) in [4.78, 5) is 10.1. The van der Waals surface area contributed by atoms with E-state index in [0.717, 1.165) is 10.8 Å². The van der Waals surface area contributed by atoms with Crippen molar-refractivity contribution in [2.75, 3.05) is 0 Å². The van der Waals surface area contributed by atoms with Crippen LogP contribution >= 0.6 is 0 Å². The molecular formula is C11H10N2O5S+2. The molecule has 0 unspecified atom stereocenters. The van der Waals surface area contributed by atoms with E-state index in [-0.39, 0.29) is 10.6 Å². The zero-order chi connectivity index (χ0) is 13.9. The summed E-state index contributed by atoms with van der Waals surface area (Å²) in [7, 11) is -4.08. The SMILES string of the molecule is O=[N+](O)c1cccc(S(=O)(=O)O[n+]2ccccc2)c1. The first kappa shape index (κ1) is 13.0. The van der Waals surface area contributed by atoms with E-state index in [1.54, 1.807) is 18.2 Å². The first-order chi connectivity index (χ1) is 8.99. The van der Waals surface area contributed by atoms with Crippen molar-refractivity contribution in [1.82, 2.24) is 0 Å². The average Bonchev–Trinajstić information content (AvgIpc) is 2.39. The maximum Gasteiger partial charge on any atom is 0.396 e. The quantitative estimate of drug-likeness (QED) is 0.655. The van der Waals surface area contributed by atoms with E-state index in [1.165, 1.54) is 30.6 Å². The minimum absolute atomic E-state index is 0.206. The number of pyridine rings is 1. The molecule has 8 heteroatoms. The van der Waals surface area contributed by atoms with Crippen LogP contribution in [0.3, 0.4) is 0 Å². The highest BCUT2D eigenvalue weighted by Gasteiger charge is 2.25. The molecule has 19 heavy (non-hydrogen) atoms. The van der Waals surface area contributed by atoms with E-state index in [0.29, 0.717) is 0 Å². The molecule has 1 aromatic heterocycles. The average molecular weight is 282 g/mol. The monoisotopic (exact) mass is 282 g/mol. The lowest BCUT2D eigenvalue weighted by Crippen LogP contribution is -2.44. The Bertz CT molecular complexity index is 700. The summed E-state index contributed by atoms with van der Waals surface area (Å²) in [6.07, 6.45) is 2.82. The van der Waals surface area contributed by atoms with Crippen molar-refractivity contribution in [3.8, 4) is 0 Å². The van der Waals surface area contributed by atoms with Crippen molar-refractivity contribution in [2.45, 2.75) is 4.90 Å². The Morgan fingerprint density at radius 3 is 2.42 bits per heavy atom. The van der Waals surface area contributed by atoms with Crippen LogP contribution in [-0.2, 0) is 10.1 Å². The van der Waals surface area contributed by atoms with Gasteiger partial charge in [0.05, 0.1) is 4.91 Å². The van der Waals surface area contributed by atoms with E-state index in [1.807, 2.05) is 0 Å². The topological polar surface area (TPSA) is 87.6 Å². The molecule has 0 saturated heterocycles. The molecule has 0 saturated carbocycles. The van der Waals surface area contributed by atoms with Gasteiger partial charge in [0, 0.05) is 29.0 Å². The van der Waals surface area contributed by atoms with Crippen molar-refractivity contribution in [2.24, 2.45) is 0 Å². The molecule has 0 aliphatic heterocycles. The number of aromatic nitrogens is 1. The summed E-state index contributed by atoms with van der Waals surface area (Å²) in [6.45, 7) is 0. The van der Waals surface area contributed by atoms with Gasteiger partial charge in [0.2, 0.25) is 12.4 Å². The Morgan fingerprint density at radius 2 is 1.79 bits per heavy atom. The van der Waals surface area contributed by atoms with Crippen LogP contribution in [0.5, 0.6) is 0 Å². The lowest BCUT2D eigenvalue weighted by Gasteiger charge is -1.99. The molecule has 7 nitrogen and oxygen atoms in total. The normalized spacial score (nSPS) is 10.9. The fraction of sp³-hybridized carbons (Fsp3) is 0. The molecule has 0 bridgehead atoms. The fourth-order valence-corrected chi connectivity index (χ4v) is 2.27. The predicted octanol–water partition coefficient (Wildman–Crippen LogP) is 0.591. The van der Waals surface area contributed by atoms with Gasteiger partial charge in [0.25, 0.3) is 4.92 Å². The highest BCUT2D eigenvalue weighted by Crippen LogP contribution is 2.16. The molecule has 1 aromatic carbocycles. The van der Waals surface area contributed by atoms with Crippen molar-refractivity contribution < 1.29 is 27.6 Å². The third-order valence-corrected chi connectivity index (χ3v) is 3.40. The van der Waals surface area contributed by atoms with Crippen molar-refractivity contribution >= 4 is 15.8 Å². The van der Waals surface area contributed by atoms with E-state index < -0.39 is 15.0 Å². The van der Waals surface area contributed by atoms with Crippen LogP contribution in [0, 0.1) is 4.91 Å². The first-order valence-corrected chi connectivity index (χ1v) is 6.57. The standard InChI is InChI=1S/C11H10N2O5S/c14-13(15)10-5-4-6-11(9-10)19(16,17)18-12-7-2-1-3-8-12/h1-9H,(H,14,15)/q+2. The van der Waals surface area contributed by atoms with E-state index in [2.05, 4.69) is 0 Å². The number of hydrogen-bond acceptors (Lipinski definition) is 4. The number of rotatable bonds is 4. The molecule has 2 aromatic rings. The van der Waals surface area contributed by atoms with Gasteiger partial charge in [0.1, 0.15) is 4.90 Å². The lowest BCUT2D eigenvalue weighted by molar-refractivity contribution is -0.856. The van der Waals surface area contributed by atoms with Gasteiger partial charge in [-0.05, 0) is 6.07 Å². The molecule has 2 rings (SSSR count). The van der Waals surface area contributed by atoms with Crippen molar-refractivity contribution in [3.63, 3.8) is 0 Å². The summed E-state index contributed by atoms with van der Waals surface area (Å²) in [5.41, 5.74) is -0.206. The lowest BCUT2D eigenvalue weighted by atomic mass is 10.3. The largest absolute Gasteiger partial charge is 0.396 e. The molecule has 0 radical (unpaired) electrons. The molecule has 0 atom stereocenters. The molecule has 0 amide bonds.